The summed E-state index contributed by atoms with van der Waals surface area (Å²) in [5, 5.41) is 0.514. The zero-order chi connectivity index (χ0) is 17.4. The number of nitrogens with one attached hydrogen (secondary N) is 2. The van der Waals surface area contributed by atoms with Gasteiger partial charge in [-0.15, -0.1) is 0 Å². The van der Waals surface area contributed by atoms with E-state index in [0.29, 0.717) is 11.0 Å². The van der Waals surface area contributed by atoms with E-state index in [4.69, 9.17) is 0 Å². The van der Waals surface area contributed by atoms with Crippen molar-refractivity contribution < 1.29 is 19.1 Å². The molecule has 1 aromatic carbocycles. The third-order valence-electron chi connectivity index (χ3n) is 3.59. The number of carbonyl (C=O) groups is 2. The molecule has 0 atom stereocenters. The number of hydrogen-bond donors (Lipinski definition) is 2. The molecule has 0 aliphatic rings. The van der Waals surface area contributed by atoms with Gasteiger partial charge in [0, 0.05) is 22.9 Å². The van der Waals surface area contributed by atoms with E-state index in [1.807, 2.05) is 0 Å². The predicted octanol–water partition coefficient (Wildman–Crippen LogP) is 0.943. The van der Waals surface area contributed by atoms with Gasteiger partial charge in [-0.25, -0.2) is 9.59 Å². The first-order valence-corrected chi connectivity index (χ1v) is 6.85. The van der Waals surface area contributed by atoms with Crippen molar-refractivity contribution in [3.63, 3.8) is 0 Å². The molecule has 3 aromatic rings. The Morgan fingerprint density at radius 2 is 1.12 bits per heavy atom. The van der Waals surface area contributed by atoms with E-state index in [9.17, 15) is 19.2 Å². The Balaban J connectivity index is 2.35. The second kappa shape index (κ2) is 5.65. The largest absolute Gasteiger partial charge is 0.464 e. The Morgan fingerprint density at radius 3 is 1.46 bits per heavy atom. The van der Waals surface area contributed by atoms with E-state index in [1.54, 1.807) is 0 Å². The molecule has 0 unspecified atom stereocenters. The minimum atomic E-state index is -0.691. The number of esters is 2. The molecule has 0 fully saturated rings. The van der Waals surface area contributed by atoms with Crippen LogP contribution in [-0.4, -0.2) is 36.1 Å². The normalized spacial score (nSPS) is 10.8. The number of aromatic amines is 2. The lowest BCUT2D eigenvalue weighted by Crippen LogP contribution is -2.14. The third kappa shape index (κ3) is 2.43. The lowest BCUT2D eigenvalue weighted by molar-refractivity contribution is 0.0585. The third-order valence-corrected chi connectivity index (χ3v) is 3.59. The molecule has 122 valence electrons. The molecular formula is C16H12N2O6. The monoisotopic (exact) mass is 328 g/mol. The SMILES string of the molecule is COC(=O)c1cc(=O)c2cc3[nH]c(C(=O)OC)cc(=O)c3cc2[nH]1. The van der Waals surface area contributed by atoms with Crippen LogP contribution in [0.1, 0.15) is 21.0 Å². The second-order valence-corrected chi connectivity index (χ2v) is 5.02. The maximum absolute atomic E-state index is 12.2. The van der Waals surface area contributed by atoms with Crippen molar-refractivity contribution in [1.82, 2.24) is 9.97 Å². The molecule has 2 heterocycles. The molecule has 8 heteroatoms. The summed E-state index contributed by atoms with van der Waals surface area (Å²) in [4.78, 5) is 53.1. The average molecular weight is 328 g/mol. The van der Waals surface area contributed by atoms with E-state index in [2.05, 4.69) is 19.4 Å². The number of aromatic nitrogens is 2. The maximum atomic E-state index is 12.2. The van der Waals surface area contributed by atoms with Crippen molar-refractivity contribution in [3.8, 4) is 0 Å². The van der Waals surface area contributed by atoms with Gasteiger partial charge in [-0.1, -0.05) is 0 Å². The Morgan fingerprint density at radius 1 is 0.750 bits per heavy atom. The number of pyridine rings is 2. The fraction of sp³-hybridized carbons (Fsp3) is 0.125. The number of benzene rings is 1. The number of ether oxygens (including phenoxy) is 2. The van der Waals surface area contributed by atoms with Gasteiger partial charge in [0.1, 0.15) is 11.4 Å². The summed E-state index contributed by atoms with van der Waals surface area (Å²) in [6.07, 6.45) is 0. The van der Waals surface area contributed by atoms with Gasteiger partial charge in [0.05, 0.1) is 25.3 Å². The molecule has 0 saturated carbocycles. The number of rotatable bonds is 2. The Bertz CT molecular complexity index is 1020. The van der Waals surface area contributed by atoms with Gasteiger partial charge in [0.15, 0.2) is 10.9 Å². The molecule has 0 amide bonds. The molecule has 3 rings (SSSR count). The van der Waals surface area contributed by atoms with E-state index in [0.717, 1.165) is 12.1 Å². The number of H-pyrrole nitrogens is 2. The first-order valence-electron chi connectivity index (χ1n) is 6.85. The van der Waals surface area contributed by atoms with Crippen LogP contribution < -0.4 is 10.9 Å². The van der Waals surface area contributed by atoms with E-state index < -0.39 is 22.8 Å². The Hall–Kier alpha value is -3.42. The van der Waals surface area contributed by atoms with Crippen LogP contribution in [-0.2, 0) is 9.47 Å². The number of methoxy groups -OCH3 is 2. The van der Waals surface area contributed by atoms with Crippen LogP contribution in [0.25, 0.3) is 21.8 Å². The molecule has 0 saturated heterocycles. The number of hydrogen-bond acceptors (Lipinski definition) is 6. The van der Waals surface area contributed by atoms with Gasteiger partial charge in [0.25, 0.3) is 0 Å². The molecular weight excluding hydrogens is 316 g/mol. The highest BCUT2D eigenvalue weighted by atomic mass is 16.5. The predicted molar refractivity (Wildman–Crippen MR) is 85.4 cm³/mol. The summed E-state index contributed by atoms with van der Waals surface area (Å²) < 4.78 is 9.15. The van der Waals surface area contributed by atoms with Crippen LogP contribution in [0.3, 0.4) is 0 Å². The van der Waals surface area contributed by atoms with E-state index in [-0.39, 0.29) is 22.2 Å². The summed E-state index contributed by atoms with van der Waals surface area (Å²) in [5.41, 5.74) is -0.252. The van der Waals surface area contributed by atoms with Crippen LogP contribution in [0, 0.1) is 0 Å². The molecule has 0 aliphatic heterocycles. The van der Waals surface area contributed by atoms with Crippen molar-refractivity contribution in [3.05, 3.63) is 56.1 Å². The summed E-state index contributed by atoms with van der Waals surface area (Å²) in [6.45, 7) is 0. The summed E-state index contributed by atoms with van der Waals surface area (Å²) in [5.74, 6) is -1.38. The van der Waals surface area contributed by atoms with Gasteiger partial charge < -0.3 is 19.4 Å². The second-order valence-electron chi connectivity index (χ2n) is 5.02. The van der Waals surface area contributed by atoms with Gasteiger partial charge in [-0.05, 0) is 12.1 Å². The maximum Gasteiger partial charge on any atom is 0.354 e. The fourth-order valence-corrected chi connectivity index (χ4v) is 2.43. The molecule has 8 nitrogen and oxygen atoms in total. The Kier molecular flexibility index (Phi) is 3.64. The van der Waals surface area contributed by atoms with Crippen LogP contribution in [0.5, 0.6) is 0 Å². The van der Waals surface area contributed by atoms with Gasteiger partial charge in [-0.2, -0.15) is 0 Å². The average Bonchev–Trinajstić information content (AvgIpc) is 2.59. The van der Waals surface area contributed by atoms with Gasteiger partial charge >= 0.3 is 11.9 Å². The van der Waals surface area contributed by atoms with Crippen molar-refractivity contribution >= 4 is 33.7 Å². The highest BCUT2D eigenvalue weighted by Gasteiger charge is 2.14. The summed E-state index contributed by atoms with van der Waals surface area (Å²) in [6, 6.07) is 5.11. The van der Waals surface area contributed by atoms with Crippen LogP contribution in [0.15, 0.2) is 33.9 Å². The molecule has 0 aliphatic carbocycles. The zero-order valence-corrected chi connectivity index (χ0v) is 12.8. The molecule has 0 spiro atoms. The number of fused-ring (bicyclic) bond motifs is 2. The zero-order valence-electron chi connectivity index (χ0n) is 12.8. The lowest BCUT2D eigenvalue weighted by Gasteiger charge is -2.06. The lowest BCUT2D eigenvalue weighted by atomic mass is 10.1. The number of carbonyl (C=O) groups excluding carboxylic acids is 2. The standard InChI is InChI=1S/C16H12N2O6/c1-23-15(21)11-5-13(19)7-4-10-8(3-9(7)17-11)14(20)6-12(18-10)16(22)24-2/h3-6H,1-2H3,(H,17,19)(H,18,20). The summed E-state index contributed by atoms with van der Waals surface area (Å²) >= 11 is 0. The highest BCUT2D eigenvalue weighted by molar-refractivity contribution is 5.98. The van der Waals surface area contributed by atoms with E-state index in [1.165, 1.54) is 26.4 Å². The van der Waals surface area contributed by atoms with Crippen molar-refractivity contribution in [1.29, 1.82) is 0 Å². The first kappa shape index (κ1) is 15.5. The van der Waals surface area contributed by atoms with Crippen LogP contribution >= 0.6 is 0 Å². The Labute approximate surface area is 134 Å². The molecule has 0 bridgehead atoms. The first-order chi connectivity index (χ1) is 11.4. The minimum Gasteiger partial charge on any atom is -0.464 e. The summed E-state index contributed by atoms with van der Waals surface area (Å²) in [7, 11) is 2.40. The quantitative estimate of drug-likeness (QED) is 0.534. The van der Waals surface area contributed by atoms with Crippen LogP contribution in [0.2, 0.25) is 0 Å². The van der Waals surface area contributed by atoms with Gasteiger partial charge in [0.2, 0.25) is 0 Å². The molecule has 0 radical (unpaired) electrons. The van der Waals surface area contributed by atoms with Crippen molar-refractivity contribution in [2.24, 2.45) is 0 Å². The van der Waals surface area contributed by atoms with Crippen LogP contribution in [0.4, 0.5) is 0 Å². The molecule has 24 heavy (non-hydrogen) atoms. The molecule has 2 aromatic heterocycles. The molecule has 2 N–H and O–H groups in total. The highest BCUT2D eigenvalue weighted by Crippen LogP contribution is 2.17. The van der Waals surface area contributed by atoms with Gasteiger partial charge in [-0.3, -0.25) is 9.59 Å². The van der Waals surface area contributed by atoms with Crippen molar-refractivity contribution in [2.75, 3.05) is 14.2 Å². The topological polar surface area (TPSA) is 118 Å². The smallest absolute Gasteiger partial charge is 0.354 e. The minimum absolute atomic E-state index is 0.0167. The fourth-order valence-electron chi connectivity index (χ4n) is 2.43. The van der Waals surface area contributed by atoms with Crippen molar-refractivity contribution in [2.45, 2.75) is 0 Å². The van der Waals surface area contributed by atoms with E-state index >= 15 is 0 Å².